The molecule has 0 fully saturated rings. The molecule has 0 radical (unpaired) electrons. The molecule has 1 atom stereocenters. The Morgan fingerprint density at radius 2 is 1.35 bits per heavy atom. The first-order valence-corrected chi connectivity index (χ1v) is 24.3. The van der Waals surface area contributed by atoms with E-state index < -0.39 is 27.4 Å². The van der Waals surface area contributed by atoms with E-state index in [0.29, 0.717) is 0 Å². The first-order valence-electron chi connectivity index (χ1n) is 13.9. The second-order valence-corrected chi connectivity index (χ2v) is 27.2. The molecule has 7 rings (SSSR count). The zero-order valence-corrected chi connectivity index (χ0v) is 28.3. The third-order valence-corrected chi connectivity index (χ3v) is 23.1. The minimum absolute atomic E-state index is 0.0753. The summed E-state index contributed by atoms with van der Waals surface area (Å²) in [5.74, 6) is 0. The molecular formula is C36H30Cl2SiZr. The van der Waals surface area contributed by atoms with E-state index >= 15 is 0 Å². The molecule has 0 N–H and O–H groups in total. The molecule has 1 unspecified atom stereocenters. The number of rotatable bonds is 4. The van der Waals surface area contributed by atoms with Gasteiger partial charge in [0.1, 0.15) is 0 Å². The molecule has 0 aromatic heterocycles. The van der Waals surface area contributed by atoms with Crippen LogP contribution in [0.4, 0.5) is 0 Å². The fourth-order valence-corrected chi connectivity index (χ4v) is 24.1. The van der Waals surface area contributed by atoms with E-state index in [4.69, 9.17) is 17.0 Å². The molecule has 0 amide bonds. The Kier molecular flexibility index (Phi) is 6.68. The van der Waals surface area contributed by atoms with Crippen LogP contribution >= 0.6 is 17.0 Å². The normalized spacial score (nSPS) is 16.0. The first-order chi connectivity index (χ1) is 19.3. The molecule has 5 aromatic carbocycles. The zero-order chi connectivity index (χ0) is 27.6. The molecule has 0 spiro atoms. The van der Waals surface area contributed by atoms with Crippen LogP contribution in [0, 0.1) is 13.8 Å². The van der Waals surface area contributed by atoms with Gasteiger partial charge in [-0.3, -0.25) is 0 Å². The third-order valence-electron chi connectivity index (χ3n) is 8.59. The summed E-state index contributed by atoms with van der Waals surface area (Å²) in [6.07, 6.45) is 2.38. The average molecular weight is 653 g/mol. The second-order valence-electron chi connectivity index (χ2n) is 11.3. The first kappa shape index (κ1) is 26.4. The van der Waals surface area contributed by atoms with Crippen molar-refractivity contribution in [2.24, 2.45) is 0 Å². The monoisotopic (exact) mass is 650 g/mol. The minimum atomic E-state index is -3.96. The van der Waals surface area contributed by atoms with Gasteiger partial charge >= 0.3 is 253 Å². The Morgan fingerprint density at radius 3 is 2.12 bits per heavy atom. The van der Waals surface area contributed by atoms with Crippen molar-refractivity contribution in [1.29, 1.82) is 0 Å². The number of halogens is 2. The quantitative estimate of drug-likeness (QED) is 0.170. The predicted octanol–water partition coefficient (Wildman–Crippen LogP) is 7.98. The molecule has 1 aliphatic carbocycles. The summed E-state index contributed by atoms with van der Waals surface area (Å²) in [7, 11) is 14.9. The van der Waals surface area contributed by atoms with Gasteiger partial charge in [0, 0.05) is 0 Å². The van der Waals surface area contributed by atoms with Gasteiger partial charge in [0.05, 0.1) is 0 Å². The van der Waals surface area contributed by atoms with Gasteiger partial charge in [0.15, 0.2) is 0 Å². The van der Waals surface area contributed by atoms with E-state index in [1.807, 2.05) is 0 Å². The van der Waals surface area contributed by atoms with Gasteiger partial charge in [-0.05, 0) is 0 Å². The van der Waals surface area contributed by atoms with Crippen LogP contribution in [0.1, 0.15) is 32.8 Å². The molecule has 0 nitrogen and oxygen atoms in total. The Bertz CT molecular complexity index is 1820. The molecule has 2 aliphatic rings. The Labute approximate surface area is 251 Å². The number of benzene rings is 5. The molecular weight excluding hydrogens is 623 g/mol. The summed E-state index contributed by atoms with van der Waals surface area (Å²) in [5.41, 5.74) is 14.2. The van der Waals surface area contributed by atoms with Gasteiger partial charge < -0.3 is 0 Å². The topological polar surface area (TPSA) is 0 Å². The standard InChI is InChI=1S/C24H21.C12H9Si.2ClH.Zr/c1-16-11-17(2)14-21(13-16)24-22(19-7-5-4-6-8-19)10-9-20-12-18(3)15-23(20)24;1-3-7-11-9(5-1)10-6-2-4-8-12(10)13-11;;;/h4-15H,1-3H3;1-7H,13H2;2*1H;/q;;;;+2/p-2. The summed E-state index contributed by atoms with van der Waals surface area (Å²) in [5, 5.41) is 2.98. The van der Waals surface area contributed by atoms with Crippen LogP contribution in [0.2, 0.25) is 0 Å². The van der Waals surface area contributed by atoms with E-state index in [0.717, 1.165) is 0 Å². The molecule has 40 heavy (non-hydrogen) atoms. The molecule has 196 valence electrons. The zero-order valence-electron chi connectivity index (χ0n) is 22.9. The van der Waals surface area contributed by atoms with Crippen LogP contribution in [0.3, 0.4) is 0 Å². The summed E-state index contributed by atoms with van der Waals surface area (Å²) in [4.78, 5) is 0. The number of hydrogen-bond acceptors (Lipinski definition) is 0. The third kappa shape index (κ3) is 4.27. The van der Waals surface area contributed by atoms with E-state index in [1.54, 1.807) is 0 Å². The number of hydrogen-bond donors (Lipinski definition) is 0. The van der Waals surface area contributed by atoms with Crippen LogP contribution < -0.4 is 13.6 Å². The van der Waals surface area contributed by atoms with Crippen LogP contribution in [0.25, 0.3) is 39.5 Å². The van der Waals surface area contributed by atoms with E-state index in [9.17, 15) is 0 Å². The molecule has 0 bridgehead atoms. The molecule has 5 aromatic rings. The van der Waals surface area contributed by atoms with Crippen molar-refractivity contribution in [2.45, 2.75) is 24.4 Å². The number of aryl methyl sites for hydroxylation is 2. The van der Waals surface area contributed by atoms with Crippen molar-refractivity contribution in [3.8, 4) is 33.4 Å². The molecule has 0 saturated carbocycles. The molecule has 4 heteroatoms. The fraction of sp³-hybridized carbons (Fsp3) is 0.111. The van der Waals surface area contributed by atoms with Crippen molar-refractivity contribution in [2.75, 3.05) is 0 Å². The van der Waals surface area contributed by atoms with Crippen LogP contribution in [-0.2, 0) is 17.9 Å². The maximum atomic E-state index is 7.78. The molecule has 1 aliphatic heterocycles. The van der Waals surface area contributed by atoms with Gasteiger partial charge in [-0.15, -0.1) is 0 Å². The van der Waals surface area contributed by atoms with Gasteiger partial charge in [-0.2, -0.15) is 0 Å². The number of fused-ring (bicyclic) bond motifs is 4. The SMILES string of the molecule is CC1=Cc2c(ccc(-c3ccccc3)c2-c2cc(C)cc(C)c2)[CH]1[Zr]([Cl])([Cl])[c]1cccc2c1[SiH2]c1ccccc1-2. The van der Waals surface area contributed by atoms with Gasteiger partial charge in [-0.25, -0.2) is 0 Å². The van der Waals surface area contributed by atoms with Gasteiger partial charge in [-0.1, -0.05) is 0 Å². The van der Waals surface area contributed by atoms with E-state index in [1.165, 1.54) is 74.9 Å². The van der Waals surface area contributed by atoms with Crippen LogP contribution in [0.15, 0.2) is 109 Å². The second kappa shape index (κ2) is 10.1. The van der Waals surface area contributed by atoms with Crippen LogP contribution in [-0.4, -0.2) is 9.52 Å². The van der Waals surface area contributed by atoms with E-state index in [2.05, 4.69) is 130 Å². The Morgan fingerprint density at radius 1 is 0.650 bits per heavy atom. The average Bonchev–Trinajstić information content (AvgIpc) is 3.49. The predicted molar refractivity (Wildman–Crippen MR) is 174 cm³/mol. The van der Waals surface area contributed by atoms with Crippen molar-refractivity contribution in [3.63, 3.8) is 0 Å². The summed E-state index contributed by atoms with van der Waals surface area (Å²) < 4.78 is 1.36. The van der Waals surface area contributed by atoms with Crippen LogP contribution in [0.5, 0.6) is 0 Å². The van der Waals surface area contributed by atoms with Gasteiger partial charge in [0.25, 0.3) is 0 Å². The Hall–Kier alpha value is -2.48. The summed E-state index contributed by atoms with van der Waals surface area (Å²) in [6, 6.07) is 37.8. The summed E-state index contributed by atoms with van der Waals surface area (Å²) in [6.45, 7) is 6.61. The molecule has 0 saturated heterocycles. The van der Waals surface area contributed by atoms with E-state index in [-0.39, 0.29) is 3.63 Å². The van der Waals surface area contributed by atoms with Crippen molar-refractivity contribution in [1.82, 2.24) is 0 Å². The van der Waals surface area contributed by atoms with Crippen molar-refractivity contribution >= 4 is 46.3 Å². The Balaban J connectivity index is 1.42. The summed E-state index contributed by atoms with van der Waals surface area (Å²) >= 11 is -3.96. The van der Waals surface area contributed by atoms with Crippen molar-refractivity contribution in [3.05, 3.63) is 131 Å². The maximum absolute atomic E-state index is 7.78. The number of allylic oxidation sites excluding steroid dienone is 1. The fourth-order valence-electron chi connectivity index (χ4n) is 6.99. The molecule has 1 heterocycles. The van der Waals surface area contributed by atoms with Crippen molar-refractivity contribution < 1.29 is 17.9 Å². The van der Waals surface area contributed by atoms with Gasteiger partial charge in [0.2, 0.25) is 0 Å².